The summed E-state index contributed by atoms with van der Waals surface area (Å²) in [5.41, 5.74) is 3.35. The van der Waals surface area contributed by atoms with E-state index in [1.54, 1.807) is 19.4 Å². The quantitative estimate of drug-likeness (QED) is 0.747. The van der Waals surface area contributed by atoms with Crippen molar-refractivity contribution in [2.75, 3.05) is 30.4 Å². The predicted molar refractivity (Wildman–Crippen MR) is 116 cm³/mol. The van der Waals surface area contributed by atoms with E-state index < -0.39 is 0 Å². The van der Waals surface area contributed by atoms with Gasteiger partial charge in [-0.15, -0.1) is 0 Å². The minimum atomic E-state index is 0.116. The Morgan fingerprint density at radius 3 is 2.67 bits per heavy atom. The number of rotatable bonds is 5. The van der Waals surface area contributed by atoms with Crippen LogP contribution in [0.2, 0.25) is 0 Å². The van der Waals surface area contributed by atoms with Crippen LogP contribution < -0.4 is 20.3 Å². The van der Waals surface area contributed by atoms with E-state index in [1.165, 1.54) is 24.1 Å². The van der Waals surface area contributed by atoms with E-state index in [0.717, 1.165) is 24.7 Å². The Morgan fingerprint density at radius 1 is 1.26 bits per heavy atom. The van der Waals surface area contributed by atoms with Crippen molar-refractivity contribution in [1.82, 2.24) is 10.3 Å². The normalized spacial score (nSPS) is 17.9. The summed E-state index contributed by atoms with van der Waals surface area (Å²) >= 11 is 5.43. The lowest BCUT2D eigenvalue weighted by atomic mass is 9.99. The van der Waals surface area contributed by atoms with Crippen molar-refractivity contribution in [2.24, 2.45) is 5.92 Å². The van der Waals surface area contributed by atoms with Crippen molar-refractivity contribution in [3.63, 3.8) is 0 Å². The summed E-state index contributed by atoms with van der Waals surface area (Å²) in [5.74, 6) is 1.35. The van der Waals surface area contributed by atoms with Crippen molar-refractivity contribution in [3.8, 4) is 5.88 Å². The summed E-state index contributed by atoms with van der Waals surface area (Å²) in [5, 5.41) is 7.06. The number of pyridine rings is 1. The van der Waals surface area contributed by atoms with Crippen LogP contribution in [0.15, 0.2) is 42.6 Å². The van der Waals surface area contributed by atoms with Crippen molar-refractivity contribution in [1.29, 1.82) is 0 Å². The highest BCUT2D eigenvalue weighted by molar-refractivity contribution is 7.80. The maximum Gasteiger partial charge on any atom is 0.213 e. The van der Waals surface area contributed by atoms with Gasteiger partial charge in [0.05, 0.1) is 25.0 Å². The van der Waals surface area contributed by atoms with Crippen LogP contribution in [0.3, 0.4) is 0 Å². The smallest absolute Gasteiger partial charge is 0.213 e. The highest BCUT2D eigenvalue weighted by Gasteiger charge is 2.17. The molecule has 2 aromatic rings. The summed E-state index contributed by atoms with van der Waals surface area (Å²) in [6.07, 6.45) is 4.32. The van der Waals surface area contributed by atoms with Crippen molar-refractivity contribution in [3.05, 3.63) is 48.2 Å². The van der Waals surface area contributed by atoms with E-state index in [4.69, 9.17) is 17.0 Å². The van der Waals surface area contributed by atoms with Crippen LogP contribution >= 0.6 is 12.2 Å². The van der Waals surface area contributed by atoms with Crippen LogP contribution in [0.5, 0.6) is 5.88 Å². The maximum atomic E-state index is 5.43. The lowest BCUT2D eigenvalue weighted by Gasteiger charge is -2.33. The Labute approximate surface area is 167 Å². The summed E-state index contributed by atoms with van der Waals surface area (Å²) in [7, 11) is 1.60. The van der Waals surface area contributed by atoms with Gasteiger partial charge in [-0.2, -0.15) is 0 Å². The van der Waals surface area contributed by atoms with Gasteiger partial charge in [0.1, 0.15) is 0 Å². The minimum absolute atomic E-state index is 0.116. The Kier molecular flexibility index (Phi) is 6.50. The number of hydrogen-bond acceptors (Lipinski definition) is 4. The maximum absolute atomic E-state index is 5.43. The number of piperidine rings is 1. The van der Waals surface area contributed by atoms with Gasteiger partial charge < -0.3 is 20.3 Å². The standard InChI is InChI=1S/C21H28N4OS/c1-15-5-4-12-25(14-15)19-9-6-17(7-10-19)16(2)23-21(27)24-18-8-11-20(26-3)22-13-18/h6-11,13,15-16H,4-5,12,14H2,1-3H3,(H2,23,24,27). The van der Waals surface area contributed by atoms with E-state index in [0.29, 0.717) is 11.0 Å². The molecule has 0 bridgehead atoms. The predicted octanol–water partition coefficient (Wildman–Crippen LogP) is 4.37. The molecule has 2 atom stereocenters. The average molecular weight is 385 g/mol. The molecule has 0 radical (unpaired) electrons. The molecular weight excluding hydrogens is 356 g/mol. The van der Waals surface area contributed by atoms with Gasteiger partial charge in [0.25, 0.3) is 0 Å². The second kappa shape index (κ2) is 9.04. The van der Waals surface area contributed by atoms with E-state index in [2.05, 4.69) is 58.6 Å². The first-order chi connectivity index (χ1) is 13.0. The number of aromatic nitrogens is 1. The van der Waals surface area contributed by atoms with E-state index in [1.807, 2.05) is 6.07 Å². The lowest BCUT2D eigenvalue weighted by molar-refractivity contribution is 0.398. The Morgan fingerprint density at radius 2 is 2.04 bits per heavy atom. The molecule has 0 amide bonds. The zero-order valence-electron chi connectivity index (χ0n) is 16.2. The molecule has 1 aromatic heterocycles. The van der Waals surface area contributed by atoms with Gasteiger partial charge in [-0.3, -0.25) is 0 Å². The topological polar surface area (TPSA) is 49.4 Å². The second-order valence-electron chi connectivity index (χ2n) is 7.19. The fourth-order valence-electron chi connectivity index (χ4n) is 3.42. The third kappa shape index (κ3) is 5.32. The molecule has 2 N–H and O–H groups in total. The van der Waals surface area contributed by atoms with Crippen LogP contribution in [0, 0.1) is 5.92 Å². The van der Waals surface area contributed by atoms with Crippen molar-refractivity contribution >= 4 is 28.7 Å². The molecule has 1 fully saturated rings. The number of thiocarbonyl (C=S) groups is 1. The fourth-order valence-corrected chi connectivity index (χ4v) is 3.71. The van der Waals surface area contributed by atoms with E-state index in [9.17, 15) is 0 Å². The number of benzene rings is 1. The first kappa shape index (κ1) is 19.4. The number of anilines is 2. The van der Waals surface area contributed by atoms with E-state index in [-0.39, 0.29) is 6.04 Å². The molecule has 3 rings (SSSR count). The second-order valence-corrected chi connectivity index (χ2v) is 7.60. The summed E-state index contributed by atoms with van der Waals surface area (Å²) in [4.78, 5) is 6.66. The van der Waals surface area contributed by atoms with Gasteiger partial charge >= 0.3 is 0 Å². The molecule has 1 aliphatic rings. The van der Waals surface area contributed by atoms with Gasteiger partial charge in [-0.05, 0) is 61.7 Å². The Bertz CT molecular complexity index is 748. The molecule has 2 heterocycles. The van der Waals surface area contributed by atoms with Crippen LogP contribution in [0.1, 0.15) is 38.3 Å². The van der Waals surface area contributed by atoms with Gasteiger partial charge in [0.2, 0.25) is 5.88 Å². The molecule has 5 nitrogen and oxygen atoms in total. The summed E-state index contributed by atoms with van der Waals surface area (Å²) in [6.45, 7) is 6.75. The van der Waals surface area contributed by atoms with Crippen LogP contribution in [-0.2, 0) is 0 Å². The Hall–Kier alpha value is -2.34. The first-order valence-corrected chi connectivity index (χ1v) is 9.88. The summed E-state index contributed by atoms with van der Waals surface area (Å²) in [6, 6.07) is 12.6. The van der Waals surface area contributed by atoms with Gasteiger partial charge in [-0.25, -0.2) is 4.98 Å². The molecule has 144 valence electrons. The number of nitrogens with zero attached hydrogens (tertiary/aromatic N) is 2. The summed E-state index contributed by atoms with van der Waals surface area (Å²) < 4.78 is 5.06. The number of nitrogens with one attached hydrogen (secondary N) is 2. The molecule has 1 aliphatic heterocycles. The molecule has 1 aromatic carbocycles. The number of methoxy groups -OCH3 is 1. The van der Waals surface area contributed by atoms with Crippen LogP contribution in [0.4, 0.5) is 11.4 Å². The molecule has 2 unspecified atom stereocenters. The molecule has 0 saturated carbocycles. The van der Waals surface area contributed by atoms with Crippen LogP contribution in [-0.4, -0.2) is 30.3 Å². The molecule has 0 aliphatic carbocycles. The lowest BCUT2D eigenvalue weighted by Crippen LogP contribution is -2.34. The van der Waals surface area contributed by atoms with E-state index >= 15 is 0 Å². The first-order valence-electron chi connectivity index (χ1n) is 9.47. The number of hydrogen-bond donors (Lipinski definition) is 2. The molecule has 6 heteroatoms. The third-order valence-electron chi connectivity index (χ3n) is 4.97. The number of ether oxygens (including phenoxy) is 1. The van der Waals surface area contributed by atoms with Crippen LogP contribution in [0.25, 0.3) is 0 Å². The molecule has 27 heavy (non-hydrogen) atoms. The SMILES string of the molecule is COc1ccc(NC(=S)NC(C)c2ccc(N3CCCC(C)C3)cc2)cn1. The van der Waals surface area contributed by atoms with Gasteiger partial charge in [-0.1, -0.05) is 19.1 Å². The molecule has 0 spiro atoms. The fraction of sp³-hybridized carbons (Fsp3) is 0.429. The third-order valence-corrected chi connectivity index (χ3v) is 5.19. The highest BCUT2D eigenvalue weighted by atomic mass is 32.1. The monoisotopic (exact) mass is 384 g/mol. The Balaban J connectivity index is 1.55. The largest absolute Gasteiger partial charge is 0.481 e. The van der Waals surface area contributed by atoms with Crippen molar-refractivity contribution in [2.45, 2.75) is 32.7 Å². The van der Waals surface area contributed by atoms with Gasteiger partial charge in [0.15, 0.2) is 5.11 Å². The zero-order valence-corrected chi connectivity index (χ0v) is 17.1. The molecular formula is C21H28N4OS. The molecule has 1 saturated heterocycles. The highest BCUT2D eigenvalue weighted by Crippen LogP contribution is 2.24. The zero-order chi connectivity index (χ0) is 19.2. The van der Waals surface area contributed by atoms with Crippen molar-refractivity contribution < 1.29 is 4.74 Å². The van der Waals surface area contributed by atoms with Gasteiger partial charge in [0, 0.05) is 24.8 Å². The minimum Gasteiger partial charge on any atom is -0.481 e. The average Bonchev–Trinajstić information content (AvgIpc) is 2.68.